The third-order valence-electron chi connectivity index (χ3n) is 6.71. The van der Waals surface area contributed by atoms with Crippen molar-refractivity contribution in [1.29, 1.82) is 0 Å². The van der Waals surface area contributed by atoms with E-state index in [1.54, 1.807) is 24.3 Å². The number of aliphatic carboxylic acids is 1. The highest BCUT2D eigenvalue weighted by Gasteiger charge is 2.38. The molecular formula is C27H35F3N4O5S. The van der Waals surface area contributed by atoms with Gasteiger partial charge in [-0.25, -0.2) is 13.2 Å². The molecule has 0 radical (unpaired) electrons. The third-order valence-corrected chi connectivity index (χ3v) is 8.11. The van der Waals surface area contributed by atoms with Gasteiger partial charge in [-0.1, -0.05) is 31.9 Å². The second-order valence-electron chi connectivity index (χ2n) is 9.58. The maximum Gasteiger partial charge on any atom is 0.490 e. The predicted molar refractivity (Wildman–Crippen MR) is 146 cm³/mol. The summed E-state index contributed by atoms with van der Waals surface area (Å²) in [6.07, 6.45) is 0.0724. The summed E-state index contributed by atoms with van der Waals surface area (Å²) in [4.78, 5) is 26.8. The molecule has 0 bridgehead atoms. The van der Waals surface area contributed by atoms with Crippen LogP contribution < -0.4 is 14.9 Å². The second-order valence-corrected chi connectivity index (χ2v) is 11.3. The molecule has 0 aromatic heterocycles. The van der Waals surface area contributed by atoms with E-state index in [0.717, 1.165) is 82.6 Å². The van der Waals surface area contributed by atoms with Crippen LogP contribution in [0.5, 0.6) is 0 Å². The number of nitrogens with zero attached hydrogens (tertiary/aromatic N) is 2. The van der Waals surface area contributed by atoms with Gasteiger partial charge in [0.25, 0.3) is 15.9 Å². The van der Waals surface area contributed by atoms with Crippen molar-refractivity contribution < 1.29 is 36.3 Å². The second kappa shape index (κ2) is 13.8. The standard InChI is InChI=1S/C25H34N4O3S.C2HF3O2/c1-2-20-7-10-22(11-8-20)33(31,32)27-21-9-12-24(28-17-13-26-14-18-28)23(19-21)25(30)29-15-5-3-4-6-16-29;3-2(4,5)1(6)7/h7-12,19,26-27H,2-6,13-18H2,1H3;(H,6,7). The Bertz CT molecular complexity index is 1260. The van der Waals surface area contributed by atoms with E-state index in [2.05, 4.69) is 14.9 Å². The molecule has 0 aliphatic carbocycles. The van der Waals surface area contributed by atoms with Gasteiger partial charge < -0.3 is 20.2 Å². The van der Waals surface area contributed by atoms with Gasteiger partial charge in [-0.3, -0.25) is 9.52 Å². The van der Waals surface area contributed by atoms with Gasteiger partial charge in [0.2, 0.25) is 0 Å². The first-order valence-corrected chi connectivity index (χ1v) is 14.7. The molecule has 13 heteroatoms. The summed E-state index contributed by atoms with van der Waals surface area (Å²) in [6.45, 7) is 6.88. The highest BCUT2D eigenvalue weighted by Crippen LogP contribution is 2.28. The Labute approximate surface area is 232 Å². The maximum absolute atomic E-state index is 13.6. The van der Waals surface area contributed by atoms with Gasteiger partial charge in [0.15, 0.2) is 0 Å². The van der Waals surface area contributed by atoms with Gasteiger partial charge in [-0.05, 0) is 55.2 Å². The van der Waals surface area contributed by atoms with E-state index in [1.165, 1.54) is 0 Å². The Morgan fingerprint density at radius 1 is 0.950 bits per heavy atom. The number of carbonyl (C=O) groups excluding carboxylic acids is 1. The number of carboxylic acid groups (broad SMARTS) is 1. The number of alkyl halides is 3. The number of hydrogen-bond donors (Lipinski definition) is 3. The summed E-state index contributed by atoms with van der Waals surface area (Å²) < 4.78 is 60.4. The molecule has 40 heavy (non-hydrogen) atoms. The number of piperazine rings is 1. The SMILES string of the molecule is CCc1ccc(S(=O)(=O)Nc2ccc(N3CCNCC3)c(C(=O)N3CCCCCC3)c2)cc1.O=C(O)C(F)(F)F. The van der Waals surface area contributed by atoms with Crippen LogP contribution in [-0.4, -0.2) is 75.7 Å². The molecule has 0 unspecified atom stereocenters. The zero-order valence-electron chi connectivity index (χ0n) is 22.3. The first kappa shape index (κ1) is 31.2. The number of benzene rings is 2. The summed E-state index contributed by atoms with van der Waals surface area (Å²) in [5.74, 6) is -2.77. The largest absolute Gasteiger partial charge is 0.490 e. The van der Waals surface area contributed by atoms with Gasteiger partial charge >= 0.3 is 12.1 Å². The molecule has 0 atom stereocenters. The van der Waals surface area contributed by atoms with E-state index in [0.29, 0.717) is 11.3 Å². The first-order chi connectivity index (χ1) is 18.9. The summed E-state index contributed by atoms with van der Waals surface area (Å²) in [5.41, 5.74) is 2.94. The average molecular weight is 585 g/mol. The lowest BCUT2D eigenvalue weighted by molar-refractivity contribution is -0.192. The fourth-order valence-corrected chi connectivity index (χ4v) is 5.56. The highest BCUT2D eigenvalue weighted by atomic mass is 32.2. The highest BCUT2D eigenvalue weighted by molar-refractivity contribution is 7.92. The van der Waals surface area contributed by atoms with Crippen LogP contribution in [0.15, 0.2) is 47.4 Å². The van der Waals surface area contributed by atoms with Crippen LogP contribution in [0, 0.1) is 0 Å². The molecule has 2 aliphatic rings. The Balaban J connectivity index is 0.000000559. The Morgan fingerprint density at radius 3 is 2.05 bits per heavy atom. The molecule has 4 rings (SSSR count). The smallest absolute Gasteiger partial charge is 0.475 e. The lowest BCUT2D eigenvalue weighted by atomic mass is 10.1. The minimum absolute atomic E-state index is 0.0150. The Hall–Kier alpha value is -3.32. The molecule has 2 saturated heterocycles. The van der Waals surface area contributed by atoms with Crippen molar-refractivity contribution >= 4 is 33.3 Å². The Morgan fingerprint density at radius 2 is 1.52 bits per heavy atom. The van der Waals surface area contributed by atoms with Crippen molar-refractivity contribution in [3.8, 4) is 0 Å². The zero-order chi connectivity index (χ0) is 29.3. The van der Waals surface area contributed by atoms with Gasteiger partial charge in [-0.2, -0.15) is 13.2 Å². The minimum atomic E-state index is -5.08. The molecule has 220 valence electrons. The number of likely N-dealkylation sites (tertiary alicyclic amines) is 1. The van der Waals surface area contributed by atoms with E-state index >= 15 is 0 Å². The molecule has 0 spiro atoms. The molecule has 2 aromatic rings. The van der Waals surface area contributed by atoms with Crippen LogP contribution in [0.4, 0.5) is 24.5 Å². The fraction of sp³-hybridized carbons (Fsp3) is 0.481. The van der Waals surface area contributed by atoms with Crippen molar-refractivity contribution in [3.05, 3.63) is 53.6 Å². The van der Waals surface area contributed by atoms with Crippen molar-refractivity contribution in [1.82, 2.24) is 10.2 Å². The van der Waals surface area contributed by atoms with E-state index in [9.17, 15) is 26.4 Å². The normalized spacial score (nSPS) is 16.4. The van der Waals surface area contributed by atoms with E-state index in [1.807, 2.05) is 30.0 Å². The predicted octanol–water partition coefficient (Wildman–Crippen LogP) is 4.11. The zero-order valence-corrected chi connectivity index (χ0v) is 23.2. The van der Waals surface area contributed by atoms with Gasteiger partial charge in [0.05, 0.1) is 10.5 Å². The van der Waals surface area contributed by atoms with Crippen molar-refractivity contribution in [3.63, 3.8) is 0 Å². The average Bonchev–Trinajstić information content (AvgIpc) is 3.22. The summed E-state index contributed by atoms with van der Waals surface area (Å²) in [7, 11) is -3.75. The fourth-order valence-electron chi connectivity index (χ4n) is 4.51. The number of sulfonamides is 1. The summed E-state index contributed by atoms with van der Waals surface area (Å²) in [6, 6.07) is 12.3. The van der Waals surface area contributed by atoms with Crippen LogP contribution in [0.3, 0.4) is 0 Å². The molecular weight excluding hydrogens is 549 g/mol. The van der Waals surface area contributed by atoms with Crippen LogP contribution in [0.2, 0.25) is 0 Å². The van der Waals surface area contributed by atoms with Crippen LogP contribution in [-0.2, 0) is 21.2 Å². The third kappa shape index (κ3) is 8.59. The summed E-state index contributed by atoms with van der Waals surface area (Å²) in [5, 5.41) is 10.5. The number of anilines is 2. The minimum Gasteiger partial charge on any atom is -0.475 e. The van der Waals surface area contributed by atoms with Gasteiger partial charge in [0, 0.05) is 50.6 Å². The number of halogens is 3. The Kier molecular flexibility index (Phi) is 10.8. The molecule has 2 aromatic carbocycles. The van der Waals surface area contributed by atoms with E-state index in [4.69, 9.17) is 9.90 Å². The maximum atomic E-state index is 13.6. The molecule has 3 N–H and O–H groups in total. The number of amides is 1. The number of nitrogens with one attached hydrogen (secondary N) is 2. The molecule has 1 amide bonds. The molecule has 0 saturated carbocycles. The number of carboxylic acids is 1. The molecule has 2 aliphatic heterocycles. The van der Waals surface area contributed by atoms with Crippen molar-refractivity contribution in [2.75, 3.05) is 48.9 Å². The lowest BCUT2D eigenvalue weighted by Gasteiger charge is -2.32. The topological polar surface area (TPSA) is 119 Å². The number of carbonyl (C=O) groups is 2. The van der Waals surface area contributed by atoms with Crippen molar-refractivity contribution in [2.45, 2.75) is 50.1 Å². The number of rotatable bonds is 6. The number of hydrogen-bond acceptors (Lipinski definition) is 6. The van der Waals surface area contributed by atoms with Gasteiger partial charge in [-0.15, -0.1) is 0 Å². The monoisotopic (exact) mass is 584 g/mol. The lowest BCUT2D eigenvalue weighted by Crippen LogP contribution is -2.44. The van der Waals surface area contributed by atoms with E-state index in [-0.39, 0.29) is 10.8 Å². The first-order valence-electron chi connectivity index (χ1n) is 13.2. The van der Waals surface area contributed by atoms with Crippen LogP contribution in [0.1, 0.15) is 48.5 Å². The van der Waals surface area contributed by atoms with Crippen LogP contribution in [0.25, 0.3) is 0 Å². The van der Waals surface area contributed by atoms with Crippen molar-refractivity contribution in [2.24, 2.45) is 0 Å². The quantitative estimate of drug-likeness (QED) is 0.468. The van der Waals surface area contributed by atoms with Gasteiger partial charge in [0.1, 0.15) is 0 Å². The number of aryl methyl sites for hydroxylation is 1. The molecule has 9 nitrogen and oxygen atoms in total. The van der Waals surface area contributed by atoms with E-state index < -0.39 is 22.2 Å². The summed E-state index contributed by atoms with van der Waals surface area (Å²) >= 11 is 0. The van der Waals surface area contributed by atoms with Crippen LogP contribution >= 0.6 is 0 Å². The molecule has 2 fully saturated rings. The molecule has 2 heterocycles.